The van der Waals surface area contributed by atoms with E-state index >= 15 is 0 Å². The van der Waals surface area contributed by atoms with Crippen molar-refractivity contribution in [2.75, 3.05) is 26.2 Å². The highest BCUT2D eigenvalue weighted by atomic mass is 19.1. The average Bonchev–Trinajstić information content (AvgIpc) is 2.75. The molecule has 160 valence electrons. The van der Waals surface area contributed by atoms with Crippen molar-refractivity contribution in [3.63, 3.8) is 0 Å². The minimum absolute atomic E-state index is 0.0285. The monoisotopic (exact) mass is 414 g/mol. The summed E-state index contributed by atoms with van der Waals surface area (Å²) >= 11 is 0. The van der Waals surface area contributed by atoms with E-state index in [0.717, 1.165) is 57.9 Å². The molecule has 0 atom stereocenters. The van der Waals surface area contributed by atoms with Crippen LogP contribution in [0.4, 0.5) is 8.78 Å². The summed E-state index contributed by atoms with van der Waals surface area (Å²) in [5.74, 6) is -0.383. The third-order valence-electron chi connectivity index (χ3n) is 5.92. The normalized spacial score (nSPS) is 18.4. The molecule has 2 aliphatic heterocycles. The van der Waals surface area contributed by atoms with Gasteiger partial charge in [-0.15, -0.1) is 0 Å². The molecule has 4 rings (SSSR count). The largest absolute Gasteiger partial charge is 0.489 e. The smallest absolute Gasteiger partial charge is 0.257 e. The molecule has 6 heteroatoms. The first-order valence-corrected chi connectivity index (χ1v) is 10.8. The first-order chi connectivity index (χ1) is 14.6. The minimum Gasteiger partial charge on any atom is -0.489 e. The Morgan fingerprint density at radius 3 is 2.30 bits per heavy atom. The molecular weight excluding hydrogens is 386 g/mol. The molecule has 0 aromatic heterocycles. The number of likely N-dealkylation sites (tertiary alicyclic amines) is 2. The van der Waals surface area contributed by atoms with Gasteiger partial charge in [-0.2, -0.15) is 0 Å². The van der Waals surface area contributed by atoms with Crippen molar-refractivity contribution < 1.29 is 18.3 Å². The lowest BCUT2D eigenvalue weighted by molar-refractivity contribution is 0.0702. The molecule has 1 amide bonds. The first kappa shape index (κ1) is 20.8. The predicted molar refractivity (Wildman–Crippen MR) is 111 cm³/mol. The lowest BCUT2D eigenvalue weighted by atomic mass is 10.1. The van der Waals surface area contributed by atoms with Crippen LogP contribution in [0.2, 0.25) is 0 Å². The Kier molecular flexibility index (Phi) is 6.62. The Balaban J connectivity index is 1.34. The van der Waals surface area contributed by atoms with Gasteiger partial charge in [0.15, 0.2) is 0 Å². The number of carbonyl (C=O) groups excluding carboxylic acids is 1. The van der Waals surface area contributed by atoms with Gasteiger partial charge < -0.3 is 9.64 Å². The van der Waals surface area contributed by atoms with Crippen LogP contribution in [0, 0.1) is 11.6 Å². The van der Waals surface area contributed by atoms with E-state index in [0.29, 0.717) is 23.4 Å². The van der Waals surface area contributed by atoms with Crippen LogP contribution < -0.4 is 4.74 Å². The van der Waals surface area contributed by atoms with Gasteiger partial charge in [-0.05, 0) is 61.9 Å². The molecule has 2 fully saturated rings. The van der Waals surface area contributed by atoms with E-state index in [4.69, 9.17) is 4.74 Å². The lowest BCUT2D eigenvalue weighted by Crippen LogP contribution is -2.38. The number of carbonyl (C=O) groups is 1. The highest BCUT2D eigenvalue weighted by molar-refractivity contribution is 5.97. The SMILES string of the molecule is O=C(c1ccccc1OC1CCN(Cc2cc(F)cc(F)c2)CC1)N1CCCCC1. The van der Waals surface area contributed by atoms with E-state index in [1.54, 1.807) is 0 Å². The zero-order chi connectivity index (χ0) is 20.9. The molecule has 4 nitrogen and oxygen atoms in total. The first-order valence-electron chi connectivity index (χ1n) is 10.8. The molecule has 2 aromatic rings. The van der Waals surface area contributed by atoms with Crippen LogP contribution in [-0.4, -0.2) is 48.0 Å². The summed E-state index contributed by atoms with van der Waals surface area (Å²) in [6.45, 7) is 3.71. The lowest BCUT2D eigenvalue weighted by Gasteiger charge is -2.33. The van der Waals surface area contributed by atoms with Crippen LogP contribution in [0.3, 0.4) is 0 Å². The Morgan fingerprint density at radius 1 is 0.933 bits per heavy atom. The fraction of sp³-hybridized carbons (Fsp3) is 0.458. The van der Waals surface area contributed by atoms with E-state index in [1.807, 2.05) is 29.2 Å². The molecular formula is C24H28F2N2O2. The van der Waals surface area contributed by atoms with Crippen LogP contribution in [0.1, 0.15) is 48.0 Å². The third-order valence-corrected chi connectivity index (χ3v) is 5.92. The van der Waals surface area contributed by atoms with Gasteiger partial charge >= 0.3 is 0 Å². The Labute approximate surface area is 176 Å². The number of hydrogen-bond acceptors (Lipinski definition) is 3. The quantitative estimate of drug-likeness (QED) is 0.715. The third kappa shape index (κ3) is 5.17. The van der Waals surface area contributed by atoms with Crippen molar-refractivity contribution >= 4 is 5.91 Å². The molecule has 2 saturated heterocycles. The molecule has 0 saturated carbocycles. The summed E-state index contributed by atoms with van der Waals surface area (Å²) in [6.07, 6.45) is 4.95. The number of para-hydroxylation sites is 1. The number of piperidine rings is 2. The number of halogens is 2. The summed E-state index contributed by atoms with van der Waals surface area (Å²) < 4.78 is 33.1. The van der Waals surface area contributed by atoms with Crippen molar-refractivity contribution in [1.82, 2.24) is 9.80 Å². The van der Waals surface area contributed by atoms with Gasteiger partial charge in [0.2, 0.25) is 0 Å². The molecule has 2 heterocycles. The van der Waals surface area contributed by atoms with Gasteiger partial charge in [-0.3, -0.25) is 9.69 Å². The van der Waals surface area contributed by atoms with Crippen molar-refractivity contribution in [3.05, 3.63) is 65.2 Å². The van der Waals surface area contributed by atoms with Gasteiger partial charge in [0.05, 0.1) is 5.56 Å². The van der Waals surface area contributed by atoms with Gasteiger partial charge in [0, 0.05) is 38.8 Å². The number of amides is 1. The second-order valence-corrected chi connectivity index (χ2v) is 8.22. The second-order valence-electron chi connectivity index (χ2n) is 8.22. The molecule has 2 aliphatic rings. The van der Waals surface area contributed by atoms with Crippen LogP contribution in [0.5, 0.6) is 5.75 Å². The van der Waals surface area contributed by atoms with E-state index in [1.165, 1.54) is 18.6 Å². The molecule has 30 heavy (non-hydrogen) atoms. The minimum atomic E-state index is -0.543. The molecule has 0 spiro atoms. The van der Waals surface area contributed by atoms with E-state index in [-0.39, 0.29) is 12.0 Å². The highest BCUT2D eigenvalue weighted by Gasteiger charge is 2.25. The van der Waals surface area contributed by atoms with Crippen molar-refractivity contribution in [2.24, 2.45) is 0 Å². The molecule has 0 N–H and O–H groups in total. The fourth-order valence-electron chi connectivity index (χ4n) is 4.34. The number of rotatable bonds is 5. The zero-order valence-electron chi connectivity index (χ0n) is 17.2. The van der Waals surface area contributed by atoms with E-state index in [9.17, 15) is 13.6 Å². The van der Waals surface area contributed by atoms with Crippen molar-refractivity contribution in [2.45, 2.75) is 44.8 Å². The molecule has 0 aliphatic carbocycles. The van der Waals surface area contributed by atoms with Gasteiger partial charge in [-0.25, -0.2) is 8.78 Å². The standard InChI is InChI=1S/C24H28F2N2O2/c25-19-14-18(15-20(26)16-19)17-27-12-8-21(9-13-27)30-23-7-3-2-6-22(23)24(29)28-10-4-1-5-11-28/h2-3,6-7,14-16,21H,1,4-5,8-13,17H2. The fourth-order valence-corrected chi connectivity index (χ4v) is 4.34. The Hall–Kier alpha value is -2.47. The highest BCUT2D eigenvalue weighted by Crippen LogP contribution is 2.26. The van der Waals surface area contributed by atoms with E-state index in [2.05, 4.69) is 4.90 Å². The Bertz CT molecular complexity index is 855. The predicted octanol–water partition coefficient (Wildman–Crippen LogP) is 4.63. The maximum absolute atomic E-state index is 13.4. The molecule has 2 aromatic carbocycles. The van der Waals surface area contributed by atoms with Crippen LogP contribution in [-0.2, 0) is 6.54 Å². The summed E-state index contributed by atoms with van der Waals surface area (Å²) in [4.78, 5) is 17.1. The van der Waals surface area contributed by atoms with Crippen LogP contribution in [0.15, 0.2) is 42.5 Å². The summed E-state index contributed by atoms with van der Waals surface area (Å²) in [7, 11) is 0. The van der Waals surface area contributed by atoms with Crippen LogP contribution >= 0.6 is 0 Å². The van der Waals surface area contributed by atoms with Gasteiger partial charge in [-0.1, -0.05) is 12.1 Å². The zero-order valence-corrected chi connectivity index (χ0v) is 17.2. The topological polar surface area (TPSA) is 32.8 Å². The number of nitrogens with zero attached hydrogens (tertiary/aromatic N) is 2. The van der Waals surface area contributed by atoms with Gasteiger partial charge in [0.25, 0.3) is 5.91 Å². The number of hydrogen-bond donors (Lipinski definition) is 0. The Morgan fingerprint density at radius 2 is 1.60 bits per heavy atom. The number of benzene rings is 2. The van der Waals surface area contributed by atoms with Crippen LogP contribution in [0.25, 0.3) is 0 Å². The molecule has 0 unspecified atom stereocenters. The average molecular weight is 414 g/mol. The number of ether oxygens (including phenoxy) is 1. The second kappa shape index (κ2) is 9.56. The van der Waals surface area contributed by atoms with Crippen molar-refractivity contribution in [1.29, 1.82) is 0 Å². The maximum Gasteiger partial charge on any atom is 0.257 e. The van der Waals surface area contributed by atoms with Gasteiger partial charge in [0.1, 0.15) is 23.5 Å². The molecule has 0 radical (unpaired) electrons. The van der Waals surface area contributed by atoms with Crippen molar-refractivity contribution in [3.8, 4) is 5.75 Å². The van der Waals surface area contributed by atoms with E-state index < -0.39 is 11.6 Å². The summed E-state index contributed by atoms with van der Waals surface area (Å²) in [5, 5.41) is 0. The summed E-state index contributed by atoms with van der Waals surface area (Å²) in [5.41, 5.74) is 1.28. The summed E-state index contributed by atoms with van der Waals surface area (Å²) in [6, 6.07) is 11.2. The maximum atomic E-state index is 13.4. The molecule has 0 bridgehead atoms.